The molecule has 2 N–H and O–H groups in total. The second kappa shape index (κ2) is 9.95. The Bertz CT molecular complexity index is 1330. The number of carbonyl (C=O) groups excluding carboxylic acids is 2. The van der Waals surface area contributed by atoms with Crippen LogP contribution in [0.5, 0.6) is 0 Å². The molecule has 4 heterocycles. The summed E-state index contributed by atoms with van der Waals surface area (Å²) in [4.78, 5) is 37.2. The lowest BCUT2D eigenvalue weighted by molar-refractivity contribution is -0.120. The molecule has 0 fully saturated rings. The fraction of sp³-hybridized carbons (Fsp3) is 0.536. The summed E-state index contributed by atoms with van der Waals surface area (Å²) in [6, 6.07) is 1.87. The third kappa shape index (κ3) is 6.05. The summed E-state index contributed by atoms with van der Waals surface area (Å²) in [7, 11) is 4.03. The van der Waals surface area contributed by atoms with E-state index in [-0.39, 0.29) is 29.4 Å². The summed E-state index contributed by atoms with van der Waals surface area (Å²) in [5.74, 6) is -0.930. The molecule has 9 nitrogen and oxygen atoms in total. The predicted octanol–water partition coefficient (Wildman–Crippen LogP) is 3.22. The average molecular weight is 506 g/mol. The van der Waals surface area contributed by atoms with Gasteiger partial charge in [0.05, 0.1) is 35.3 Å². The fourth-order valence-electron chi connectivity index (χ4n) is 5.39. The number of allylic oxidation sites excluding steroid dienone is 1. The third-order valence-electron chi connectivity index (χ3n) is 6.81. The van der Waals surface area contributed by atoms with Crippen LogP contribution in [0.25, 0.3) is 16.6 Å². The molecular formula is C28H39N7O2. The van der Waals surface area contributed by atoms with E-state index in [9.17, 15) is 9.59 Å². The van der Waals surface area contributed by atoms with Gasteiger partial charge in [-0.05, 0) is 79.8 Å². The van der Waals surface area contributed by atoms with Gasteiger partial charge in [-0.3, -0.25) is 9.59 Å². The normalized spacial score (nSPS) is 21.1. The summed E-state index contributed by atoms with van der Waals surface area (Å²) >= 11 is 0. The largest absolute Gasteiger partial charge is 0.351 e. The SMILES string of the molecule is CC1=CC(C)=NC(=O)C1CNC(=O)c1cc(C2=CC(C)(C)NC(C)(C)C2)nc2c1cnn2CCN(C)C. The Kier molecular flexibility index (Phi) is 7.23. The minimum atomic E-state index is -0.457. The van der Waals surface area contributed by atoms with Crippen molar-refractivity contribution in [1.29, 1.82) is 0 Å². The van der Waals surface area contributed by atoms with Gasteiger partial charge in [-0.25, -0.2) is 14.7 Å². The zero-order chi connectivity index (χ0) is 27.1. The Labute approximate surface area is 219 Å². The van der Waals surface area contributed by atoms with Crippen molar-refractivity contribution in [2.45, 2.75) is 65.6 Å². The standard InChI is InChI=1S/C28H39N7O2/c1-17-11-18(2)31-26(37)21(17)15-29-25(36)20-12-23(19-13-27(3,4)33-28(5,6)14-19)32-24-22(20)16-30-35(24)10-9-34(7)8/h11-13,16,21,33H,9-10,14-15H2,1-8H3,(H,29,36). The number of dihydropyridines is 1. The van der Waals surface area contributed by atoms with Crippen molar-refractivity contribution >= 4 is 34.1 Å². The first-order valence-corrected chi connectivity index (χ1v) is 12.8. The van der Waals surface area contributed by atoms with Gasteiger partial charge in [0.25, 0.3) is 11.8 Å². The van der Waals surface area contributed by atoms with Gasteiger partial charge in [0.15, 0.2) is 5.65 Å². The van der Waals surface area contributed by atoms with Gasteiger partial charge >= 0.3 is 0 Å². The highest BCUT2D eigenvalue weighted by Crippen LogP contribution is 2.34. The third-order valence-corrected chi connectivity index (χ3v) is 6.81. The number of hydrogen-bond acceptors (Lipinski definition) is 6. The zero-order valence-electron chi connectivity index (χ0n) is 23.3. The van der Waals surface area contributed by atoms with Crippen LogP contribution in [0.15, 0.2) is 35.0 Å². The van der Waals surface area contributed by atoms with Crippen LogP contribution in [0, 0.1) is 5.92 Å². The number of aliphatic imine (C=N–C) groups is 1. The van der Waals surface area contributed by atoms with Crippen molar-refractivity contribution in [3.8, 4) is 0 Å². The van der Waals surface area contributed by atoms with Crippen LogP contribution in [0.1, 0.15) is 64.0 Å². The van der Waals surface area contributed by atoms with Gasteiger partial charge in [0, 0.05) is 29.9 Å². The quantitative estimate of drug-likeness (QED) is 0.599. The maximum absolute atomic E-state index is 13.6. The summed E-state index contributed by atoms with van der Waals surface area (Å²) in [6.45, 7) is 14.0. The highest BCUT2D eigenvalue weighted by Gasteiger charge is 2.33. The molecule has 9 heteroatoms. The minimum absolute atomic E-state index is 0.123. The second-order valence-electron chi connectivity index (χ2n) is 11.8. The first kappa shape index (κ1) is 26.9. The van der Waals surface area contributed by atoms with E-state index >= 15 is 0 Å². The van der Waals surface area contributed by atoms with E-state index in [2.05, 4.69) is 59.4 Å². The summed E-state index contributed by atoms with van der Waals surface area (Å²) in [5, 5.41) is 11.9. The van der Waals surface area contributed by atoms with Crippen molar-refractivity contribution in [1.82, 2.24) is 30.3 Å². The molecule has 0 saturated heterocycles. The molecule has 2 aromatic heterocycles. The van der Waals surface area contributed by atoms with Crippen LogP contribution >= 0.6 is 0 Å². The van der Waals surface area contributed by atoms with Gasteiger partial charge in [-0.15, -0.1) is 0 Å². The monoisotopic (exact) mass is 505 g/mol. The van der Waals surface area contributed by atoms with E-state index < -0.39 is 5.92 Å². The molecule has 0 spiro atoms. The number of amides is 2. The molecule has 0 aliphatic carbocycles. The van der Waals surface area contributed by atoms with E-state index in [1.54, 1.807) is 13.1 Å². The first-order chi connectivity index (χ1) is 17.2. The van der Waals surface area contributed by atoms with Gasteiger partial charge in [-0.1, -0.05) is 11.6 Å². The first-order valence-electron chi connectivity index (χ1n) is 12.8. The van der Waals surface area contributed by atoms with Crippen molar-refractivity contribution in [2.75, 3.05) is 27.2 Å². The predicted molar refractivity (Wildman–Crippen MR) is 148 cm³/mol. The molecule has 0 saturated carbocycles. The molecule has 0 radical (unpaired) electrons. The highest BCUT2D eigenvalue weighted by atomic mass is 16.2. The molecule has 4 rings (SSSR count). The number of rotatable bonds is 7. The van der Waals surface area contributed by atoms with Gasteiger partial charge < -0.3 is 15.5 Å². The van der Waals surface area contributed by atoms with Gasteiger partial charge in [-0.2, -0.15) is 5.10 Å². The van der Waals surface area contributed by atoms with E-state index in [0.717, 1.165) is 29.8 Å². The molecule has 0 bridgehead atoms. The number of aromatic nitrogens is 3. The highest BCUT2D eigenvalue weighted by molar-refractivity contribution is 6.07. The molecule has 0 aromatic carbocycles. The molecule has 37 heavy (non-hydrogen) atoms. The van der Waals surface area contributed by atoms with Gasteiger partial charge in [0.2, 0.25) is 0 Å². The van der Waals surface area contributed by atoms with Crippen LogP contribution in [-0.2, 0) is 11.3 Å². The van der Waals surface area contributed by atoms with E-state index in [1.165, 1.54) is 0 Å². The number of nitrogens with one attached hydrogen (secondary N) is 2. The number of hydrogen-bond donors (Lipinski definition) is 2. The Hall–Kier alpha value is -3.17. The number of nitrogens with zero attached hydrogens (tertiary/aromatic N) is 5. The lowest BCUT2D eigenvalue weighted by Gasteiger charge is -2.41. The maximum atomic E-state index is 13.6. The molecular weight excluding hydrogens is 466 g/mol. The fourth-order valence-corrected chi connectivity index (χ4v) is 5.39. The second-order valence-corrected chi connectivity index (χ2v) is 11.8. The van der Waals surface area contributed by atoms with Crippen molar-refractivity contribution in [3.05, 3.63) is 41.2 Å². The van der Waals surface area contributed by atoms with E-state index in [4.69, 9.17) is 4.98 Å². The van der Waals surface area contributed by atoms with Crippen LogP contribution in [0.4, 0.5) is 0 Å². The average Bonchev–Trinajstić information content (AvgIpc) is 3.17. The number of fused-ring (bicyclic) bond motifs is 1. The van der Waals surface area contributed by atoms with Crippen LogP contribution < -0.4 is 10.6 Å². The van der Waals surface area contributed by atoms with E-state index in [0.29, 0.717) is 28.9 Å². The zero-order valence-corrected chi connectivity index (χ0v) is 23.3. The lowest BCUT2D eigenvalue weighted by Crippen LogP contribution is -2.53. The number of likely N-dealkylation sites (N-methyl/N-ethyl adjacent to an activating group) is 1. The van der Waals surface area contributed by atoms with Crippen molar-refractivity contribution in [3.63, 3.8) is 0 Å². The van der Waals surface area contributed by atoms with Crippen LogP contribution in [0.3, 0.4) is 0 Å². The number of pyridine rings is 1. The summed E-state index contributed by atoms with van der Waals surface area (Å²) < 4.78 is 1.86. The molecule has 2 amide bonds. The van der Waals surface area contributed by atoms with Crippen LogP contribution in [0.2, 0.25) is 0 Å². The Morgan fingerprint density at radius 2 is 1.97 bits per heavy atom. The molecule has 1 unspecified atom stereocenters. The van der Waals surface area contributed by atoms with E-state index in [1.807, 2.05) is 37.8 Å². The molecule has 2 aliphatic heterocycles. The Balaban J connectivity index is 1.72. The molecule has 2 aliphatic rings. The van der Waals surface area contributed by atoms with Crippen molar-refractivity contribution < 1.29 is 9.59 Å². The maximum Gasteiger partial charge on any atom is 0.254 e. The Morgan fingerprint density at radius 1 is 1.24 bits per heavy atom. The smallest absolute Gasteiger partial charge is 0.254 e. The number of carbonyl (C=O) groups is 2. The Morgan fingerprint density at radius 3 is 2.62 bits per heavy atom. The topological polar surface area (TPSA) is 105 Å². The van der Waals surface area contributed by atoms with Gasteiger partial charge in [0.1, 0.15) is 0 Å². The van der Waals surface area contributed by atoms with Crippen molar-refractivity contribution in [2.24, 2.45) is 10.9 Å². The molecule has 198 valence electrons. The molecule has 2 aromatic rings. The minimum Gasteiger partial charge on any atom is -0.351 e. The lowest BCUT2D eigenvalue weighted by atomic mass is 9.82. The summed E-state index contributed by atoms with van der Waals surface area (Å²) in [5.41, 5.74) is 4.32. The molecule has 1 atom stereocenters. The summed E-state index contributed by atoms with van der Waals surface area (Å²) in [6.07, 6.45) is 6.58. The van der Waals surface area contributed by atoms with Crippen LogP contribution in [-0.4, -0.2) is 75.5 Å².